The maximum Gasteiger partial charge on any atom is 0.240 e. The highest BCUT2D eigenvalue weighted by molar-refractivity contribution is 7.89. The number of sulfonamides is 1. The van der Waals surface area contributed by atoms with Crippen molar-refractivity contribution < 1.29 is 13.2 Å². The van der Waals surface area contributed by atoms with E-state index in [9.17, 15) is 8.42 Å². The van der Waals surface area contributed by atoms with E-state index in [2.05, 4.69) is 4.72 Å². The molecule has 1 atom stereocenters. The van der Waals surface area contributed by atoms with Gasteiger partial charge >= 0.3 is 0 Å². The molecule has 100 valence electrons. The zero-order valence-corrected chi connectivity index (χ0v) is 11.5. The lowest BCUT2D eigenvalue weighted by atomic mass is 10.2. The number of nitrogens with one attached hydrogen (secondary N) is 1. The molecule has 1 saturated carbocycles. The lowest BCUT2D eigenvalue weighted by Crippen LogP contribution is -2.28. The minimum absolute atomic E-state index is 0.00539. The molecular weight excluding hydrogens is 252 g/mol. The molecule has 0 bridgehead atoms. The van der Waals surface area contributed by atoms with Gasteiger partial charge in [-0.05, 0) is 30.0 Å². The summed E-state index contributed by atoms with van der Waals surface area (Å²) in [6, 6.07) is 4.47. The summed E-state index contributed by atoms with van der Waals surface area (Å²) in [4.78, 5) is 0.170. The van der Waals surface area contributed by atoms with E-state index in [1.165, 1.54) is 19.2 Å². The number of hydrogen-bond acceptors (Lipinski definition) is 4. The molecule has 0 aliphatic heterocycles. The van der Waals surface area contributed by atoms with Gasteiger partial charge in [-0.2, -0.15) is 0 Å². The predicted molar refractivity (Wildman–Crippen MR) is 69.9 cm³/mol. The van der Waals surface area contributed by atoms with Gasteiger partial charge in [-0.15, -0.1) is 0 Å². The summed E-state index contributed by atoms with van der Waals surface area (Å²) < 4.78 is 31.9. The van der Waals surface area contributed by atoms with Crippen molar-refractivity contribution in [3.63, 3.8) is 0 Å². The average Bonchev–Trinajstić information content (AvgIpc) is 2.84. The topological polar surface area (TPSA) is 81.4 Å². The van der Waals surface area contributed by atoms with Crippen molar-refractivity contribution in [3.05, 3.63) is 18.2 Å². The zero-order valence-electron chi connectivity index (χ0n) is 10.7. The Kier molecular flexibility index (Phi) is 3.03. The second-order valence-corrected chi connectivity index (χ2v) is 6.98. The zero-order chi connectivity index (χ0) is 13.6. The van der Waals surface area contributed by atoms with Crippen LogP contribution in [0, 0.1) is 5.41 Å². The first kappa shape index (κ1) is 13.2. The third-order valence-electron chi connectivity index (χ3n) is 3.32. The minimum Gasteiger partial charge on any atom is -0.495 e. The van der Waals surface area contributed by atoms with Crippen LogP contribution in [-0.4, -0.2) is 21.6 Å². The van der Waals surface area contributed by atoms with E-state index in [1.807, 2.05) is 13.8 Å². The Bertz CT molecular complexity index is 567. The second-order valence-electron chi connectivity index (χ2n) is 5.27. The largest absolute Gasteiger partial charge is 0.495 e. The van der Waals surface area contributed by atoms with Crippen LogP contribution in [0.2, 0.25) is 0 Å². The van der Waals surface area contributed by atoms with Crippen LogP contribution in [0.1, 0.15) is 20.3 Å². The van der Waals surface area contributed by atoms with Crippen LogP contribution in [0.3, 0.4) is 0 Å². The number of rotatable bonds is 4. The lowest BCUT2D eigenvalue weighted by molar-refractivity contribution is 0.416. The molecule has 2 rings (SSSR count). The molecule has 5 nitrogen and oxygen atoms in total. The molecule has 0 radical (unpaired) electrons. The van der Waals surface area contributed by atoms with Gasteiger partial charge in [0.25, 0.3) is 0 Å². The van der Waals surface area contributed by atoms with Gasteiger partial charge in [0.05, 0.1) is 17.7 Å². The molecule has 3 N–H and O–H groups in total. The number of hydrogen-bond donors (Lipinski definition) is 2. The predicted octanol–water partition coefficient (Wildman–Crippen LogP) is 1.35. The van der Waals surface area contributed by atoms with Gasteiger partial charge in [-0.3, -0.25) is 0 Å². The molecule has 1 aliphatic carbocycles. The van der Waals surface area contributed by atoms with E-state index in [1.54, 1.807) is 6.07 Å². The third kappa shape index (κ3) is 2.44. The maximum absolute atomic E-state index is 12.1. The van der Waals surface area contributed by atoms with E-state index < -0.39 is 10.0 Å². The first-order valence-corrected chi connectivity index (χ1v) is 7.20. The summed E-state index contributed by atoms with van der Waals surface area (Å²) in [6.45, 7) is 4.06. The SMILES string of the molecule is COc1ccc(S(=O)(=O)NC2CC2(C)C)cc1N. The van der Waals surface area contributed by atoms with Gasteiger partial charge in [0.1, 0.15) is 5.75 Å². The van der Waals surface area contributed by atoms with Crippen molar-refractivity contribution in [2.24, 2.45) is 5.41 Å². The molecule has 1 aromatic rings. The smallest absolute Gasteiger partial charge is 0.240 e. The molecule has 1 unspecified atom stereocenters. The van der Waals surface area contributed by atoms with Gasteiger partial charge in [0.2, 0.25) is 10.0 Å². The van der Waals surface area contributed by atoms with Crippen molar-refractivity contribution in [2.45, 2.75) is 31.2 Å². The monoisotopic (exact) mass is 270 g/mol. The van der Waals surface area contributed by atoms with Crippen LogP contribution < -0.4 is 15.2 Å². The fourth-order valence-corrected chi connectivity index (χ4v) is 3.25. The Morgan fingerprint density at radius 3 is 2.50 bits per heavy atom. The van der Waals surface area contributed by atoms with Crippen LogP contribution in [0.5, 0.6) is 5.75 Å². The molecule has 0 spiro atoms. The maximum atomic E-state index is 12.1. The number of benzene rings is 1. The van der Waals surface area contributed by atoms with Crippen molar-refractivity contribution >= 4 is 15.7 Å². The summed E-state index contributed by atoms with van der Waals surface area (Å²) in [5.41, 5.74) is 6.07. The van der Waals surface area contributed by atoms with E-state index in [0.29, 0.717) is 11.4 Å². The molecule has 0 saturated heterocycles. The lowest BCUT2D eigenvalue weighted by Gasteiger charge is -2.10. The van der Waals surface area contributed by atoms with Crippen LogP contribution >= 0.6 is 0 Å². The quantitative estimate of drug-likeness (QED) is 0.809. The highest BCUT2D eigenvalue weighted by atomic mass is 32.2. The van der Waals surface area contributed by atoms with Crippen molar-refractivity contribution in [3.8, 4) is 5.75 Å². The van der Waals surface area contributed by atoms with Gasteiger partial charge < -0.3 is 10.5 Å². The van der Waals surface area contributed by atoms with E-state index in [0.717, 1.165) is 6.42 Å². The normalized spacial score (nSPS) is 21.6. The van der Waals surface area contributed by atoms with Crippen LogP contribution in [0.4, 0.5) is 5.69 Å². The molecule has 1 aromatic carbocycles. The molecule has 0 amide bonds. The van der Waals surface area contributed by atoms with Gasteiger partial charge in [-0.25, -0.2) is 13.1 Å². The van der Waals surface area contributed by atoms with Crippen molar-refractivity contribution in [2.75, 3.05) is 12.8 Å². The highest BCUT2D eigenvalue weighted by Crippen LogP contribution is 2.45. The van der Waals surface area contributed by atoms with E-state index >= 15 is 0 Å². The Morgan fingerprint density at radius 2 is 2.06 bits per heavy atom. The molecule has 0 heterocycles. The van der Waals surface area contributed by atoms with Gasteiger partial charge in [-0.1, -0.05) is 13.8 Å². The molecule has 1 fully saturated rings. The molecule has 6 heteroatoms. The van der Waals surface area contributed by atoms with Gasteiger partial charge in [0, 0.05) is 6.04 Å². The van der Waals surface area contributed by atoms with Crippen LogP contribution in [-0.2, 0) is 10.0 Å². The minimum atomic E-state index is -3.50. The molecule has 1 aliphatic rings. The fourth-order valence-electron chi connectivity index (χ4n) is 1.80. The Hall–Kier alpha value is -1.27. The van der Waals surface area contributed by atoms with Crippen LogP contribution in [0.15, 0.2) is 23.1 Å². The fraction of sp³-hybridized carbons (Fsp3) is 0.500. The molecule has 0 aromatic heterocycles. The van der Waals surface area contributed by atoms with Crippen LogP contribution in [0.25, 0.3) is 0 Å². The number of methoxy groups -OCH3 is 1. The number of ether oxygens (including phenoxy) is 1. The summed E-state index contributed by atoms with van der Waals surface area (Å²) in [6.07, 6.45) is 0.859. The molecule has 18 heavy (non-hydrogen) atoms. The van der Waals surface area contributed by atoms with E-state index in [-0.39, 0.29) is 16.4 Å². The van der Waals surface area contributed by atoms with E-state index in [4.69, 9.17) is 10.5 Å². The Morgan fingerprint density at radius 1 is 1.44 bits per heavy atom. The number of anilines is 1. The van der Waals surface area contributed by atoms with Crippen molar-refractivity contribution in [1.82, 2.24) is 4.72 Å². The summed E-state index contributed by atoms with van der Waals surface area (Å²) in [5.74, 6) is 0.473. The van der Waals surface area contributed by atoms with Crippen molar-refractivity contribution in [1.29, 1.82) is 0 Å². The Labute approximate surface area is 107 Å². The van der Waals surface area contributed by atoms with Gasteiger partial charge in [0.15, 0.2) is 0 Å². The summed E-state index contributed by atoms with van der Waals surface area (Å²) in [5, 5.41) is 0. The average molecular weight is 270 g/mol. The third-order valence-corrected chi connectivity index (χ3v) is 4.79. The number of nitrogens with two attached hydrogens (primary N) is 1. The first-order chi connectivity index (χ1) is 8.26. The standard InChI is InChI=1S/C12H18N2O3S/c1-12(2)7-11(12)14-18(15,16)8-4-5-10(17-3)9(13)6-8/h4-6,11,14H,7,13H2,1-3H3. The second kappa shape index (κ2) is 4.13. The molecular formula is C12H18N2O3S. The first-order valence-electron chi connectivity index (χ1n) is 5.72. The summed E-state index contributed by atoms with van der Waals surface area (Å²) in [7, 11) is -2.01. The highest BCUT2D eigenvalue weighted by Gasteiger charge is 2.47. The number of nitrogen functional groups attached to an aromatic ring is 1. The Balaban J connectivity index is 2.23. The summed E-state index contributed by atoms with van der Waals surface area (Å²) >= 11 is 0.